The minimum absolute atomic E-state index is 0.706. The number of aliphatic hydroxyl groups excluding tert-OH is 1. The van der Waals surface area contributed by atoms with E-state index in [1.165, 1.54) is 0 Å². The molecular weight excluding hydrogens is 294 g/mol. The van der Waals surface area contributed by atoms with Crippen LogP contribution >= 0.6 is 15.9 Å². The Labute approximate surface area is 115 Å². The van der Waals surface area contributed by atoms with E-state index in [2.05, 4.69) is 32.9 Å². The standard InChI is InChI=1S/C13H16BrN3O/c1-3-6-17-12(11(14)8-16-17)13(18)10-7-15-5-4-9(10)2/h4-5,7-8,13,18H,3,6H2,1-2H3. The van der Waals surface area contributed by atoms with E-state index >= 15 is 0 Å². The van der Waals surface area contributed by atoms with Gasteiger partial charge in [-0.3, -0.25) is 9.67 Å². The van der Waals surface area contributed by atoms with Crippen LogP contribution in [0.15, 0.2) is 29.1 Å². The third-order valence-corrected chi connectivity index (χ3v) is 3.51. The van der Waals surface area contributed by atoms with Gasteiger partial charge in [0, 0.05) is 24.5 Å². The average molecular weight is 310 g/mol. The first-order valence-electron chi connectivity index (χ1n) is 5.95. The van der Waals surface area contributed by atoms with Crippen LogP contribution in [0.4, 0.5) is 0 Å². The highest BCUT2D eigenvalue weighted by Crippen LogP contribution is 2.29. The molecule has 5 heteroatoms. The van der Waals surface area contributed by atoms with Crippen LogP contribution in [0.3, 0.4) is 0 Å². The number of aromatic nitrogens is 3. The molecule has 2 heterocycles. The number of rotatable bonds is 4. The molecule has 0 aliphatic heterocycles. The van der Waals surface area contributed by atoms with Gasteiger partial charge in [0.2, 0.25) is 0 Å². The lowest BCUT2D eigenvalue weighted by atomic mass is 10.0. The van der Waals surface area contributed by atoms with Crippen LogP contribution in [0.1, 0.15) is 36.3 Å². The largest absolute Gasteiger partial charge is 0.382 e. The smallest absolute Gasteiger partial charge is 0.124 e. The van der Waals surface area contributed by atoms with Crippen molar-refractivity contribution in [2.24, 2.45) is 0 Å². The Kier molecular flexibility index (Phi) is 4.14. The van der Waals surface area contributed by atoms with E-state index in [4.69, 9.17) is 0 Å². The third kappa shape index (κ3) is 2.47. The van der Waals surface area contributed by atoms with Crippen molar-refractivity contribution in [3.8, 4) is 0 Å². The normalized spacial score (nSPS) is 12.7. The number of pyridine rings is 1. The highest BCUT2D eigenvalue weighted by Gasteiger charge is 2.20. The highest BCUT2D eigenvalue weighted by molar-refractivity contribution is 9.10. The zero-order valence-electron chi connectivity index (χ0n) is 10.5. The number of halogens is 1. The zero-order valence-corrected chi connectivity index (χ0v) is 12.1. The van der Waals surface area contributed by atoms with Gasteiger partial charge >= 0.3 is 0 Å². The van der Waals surface area contributed by atoms with Crippen molar-refractivity contribution in [3.63, 3.8) is 0 Å². The molecular formula is C13H16BrN3O. The van der Waals surface area contributed by atoms with Gasteiger partial charge in [0.1, 0.15) is 6.10 Å². The first-order valence-corrected chi connectivity index (χ1v) is 6.74. The predicted molar refractivity (Wildman–Crippen MR) is 73.3 cm³/mol. The molecule has 1 atom stereocenters. The van der Waals surface area contributed by atoms with Crippen LogP contribution in [0.25, 0.3) is 0 Å². The van der Waals surface area contributed by atoms with E-state index < -0.39 is 6.10 Å². The van der Waals surface area contributed by atoms with Gasteiger partial charge in [-0.25, -0.2) is 0 Å². The van der Waals surface area contributed by atoms with Gasteiger partial charge < -0.3 is 5.11 Å². The Morgan fingerprint density at radius 2 is 2.22 bits per heavy atom. The van der Waals surface area contributed by atoms with Crippen LogP contribution in [-0.2, 0) is 6.54 Å². The van der Waals surface area contributed by atoms with Crippen LogP contribution in [-0.4, -0.2) is 19.9 Å². The molecule has 0 amide bonds. The summed E-state index contributed by atoms with van der Waals surface area (Å²) in [6.45, 7) is 4.84. The molecule has 0 bridgehead atoms. The molecule has 1 unspecified atom stereocenters. The molecule has 0 aliphatic carbocycles. The van der Waals surface area contributed by atoms with Crippen LogP contribution in [0, 0.1) is 6.92 Å². The average Bonchev–Trinajstić information content (AvgIpc) is 2.71. The summed E-state index contributed by atoms with van der Waals surface area (Å²) in [5, 5.41) is 14.8. The molecule has 4 nitrogen and oxygen atoms in total. The molecule has 0 aliphatic rings. The summed E-state index contributed by atoms with van der Waals surface area (Å²) in [5.74, 6) is 0. The maximum Gasteiger partial charge on any atom is 0.124 e. The lowest BCUT2D eigenvalue weighted by Gasteiger charge is -2.15. The Bertz CT molecular complexity index is 539. The maximum absolute atomic E-state index is 10.5. The molecule has 18 heavy (non-hydrogen) atoms. The van der Waals surface area contributed by atoms with Gasteiger partial charge in [0.05, 0.1) is 16.4 Å². The summed E-state index contributed by atoms with van der Waals surface area (Å²) >= 11 is 3.45. The summed E-state index contributed by atoms with van der Waals surface area (Å²) in [4.78, 5) is 4.08. The summed E-state index contributed by atoms with van der Waals surface area (Å²) in [5.41, 5.74) is 2.62. The van der Waals surface area contributed by atoms with Crippen molar-refractivity contribution < 1.29 is 5.11 Å². The van der Waals surface area contributed by atoms with Crippen molar-refractivity contribution in [2.45, 2.75) is 32.9 Å². The van der Waals surface area contributed by atoms with E-state index in [0.29, 0.717) is 0 Å². The minimum atomic E-state index is -0.706. The van der Waals surface area contributed by atoms with Crippen molar-refractivity contribution >= 4 is 15.9 Å². The molecule has 0 saturated heterocycles. The van der Waals surface area contributed by atoms with Crippen LogP contribution in [0.2, 0.25) is 0 Å². The molecule has 1 N–H and O–H groups in total. The second-order valence-electron chi connectivity index (χ2n) is 4.24. The maximum atomic E-state index is 10.5. The van der Waals surface area contributed by atoms with Crippen molar-refractivity contribution in [1.82, 2.24) is 14.8 Å². The van der Waals surface area contributed by atoms with Crippen molar-refractivity contribution in [3.05, 3.63) is 46.0 Å². The molecule has 2 aromatic heterocycles. The molecule has 0 spiro atoms. The molecule has 96 valence electrons. The Balaban J connectivity index is 2.42. The highest BCUT2D eigenvalue weighted by atomic mass is 79.9. The summed E-state index contributed by atoms with van der Waals surface area (Å²) in [6, 6.07) is 1.90. The van der Waals surface area contributed by atoms with Crippen LogP contribution in [0.5, 0.6) is 0 Å². The first kappa shape index (κ1) is 13.2. The first-order chi connectivity index (χ1) is 8.65. The quantitative estimate of drug-likeness (QED) is 0.945. The SMILES string of the molecule is CCCn1ncc(Br)c1C(O)c1cnccc1C. The van der Waals surface area contributed by atoms with E-state index in [-0.39, 0.29) is 0 Å². The van der Waals surface area contributed by atoms with Gasteiger partial charge in [-0.2, -0.15) is 5.10 Å². The fraction of sp³-hybridized carbons (Fsp3) is 0.385. The fourth-order valence-corrected chi connectivity index (χ4v) is 2.46. The van der Waals surface area contributed by atoms with Gasteiger partial charge in [-0.15, -0.1) is 0 Å². The second-order valence-corrected chi connectivity index (χ2v) is 5.09. The summed E-state index contributed by atoms with van der Waals surface area (Å²) in [6.07, 6.45) is 5.42. The lowest BCUT2D eigenvalue weighted by molar-refractivity contribution is 0.205. The molecule has 0 radical (unpaired) electrons. The number of aryl methyl sites for hydroxylation is 2. The minimum Gasteiger partial charge on any atom is -0.382 e. The van der Waals surface area contributed by atoms with Gasteiger partial charge in [-0.05, 0) is 40.9 Å². The molecule has 2 aromatic rings. The fourth-order valence-electron chi connectivity index (χ4n) is 1.94. The monoisotopic (exact) mass is 309 g/mol. The van der Waals surface area contributed by atoms with Gasteiger partial charge in [0.15, 0.2) is 0 Å². The molecule has 0 fully saturated rings. The topological polar surface area (TPSA) is 50.9 Å². The second kappa shape index (κ2) is 5.63. The van der Waals surface area contributed by atoms with Crippen LogP contribution < -0.4 is 0 Å². The number of aliphatic hydroxyl groups is 1. The number of hydrogen-bond donors (Lipinski definition) is 1. The molecule has 0 aromatic carbocycles. The van der Waals surface area contributed by atoms with Gasteiger partial charge in [0.25, 0.3) is 0 Å². The summed E-state index contributed by atoms with van der Waals surface area (Å²) < 4.78 is 2.66. The Morgan fingerprint density at radius 1 is 1.44 bits per heavy atom. The van der Waals surface area contributed by atoms with E-state index in [1.807, 2.05) is 17.7 Å². The number of nitrogens with zero attached hydrogens (tertiary/aromatic N) is 3. The Hall–Kier alpha value is -1.20. The summed E-state index contributed by atoms with van der Waals surface area (Å²) in [7, 11) is 0. The van der Waals surface area contributed by atoms with Gasteiger partial charge in [-0.1, -0.05) is 6.92 Å². The van der Waals surface area contributed by atoms with E-state index in [0.717, 1.165) is 34.3 Å². The van der Waals surface area contributed by atoms with Crippen molar-refractivity contribution in [1.29, 1.82) is 0 Å². The lowest BCUT2D eigenvalue weighted by Crippen LogP contribution is -2.11. The molecule has 0 saturated carbocycles. The van der Waals surface area contributed by atoms with E-state index in [9.17, 15) is 5.11 Å². The third-order valence-electron chi connectivity index (χ3n) is 2.90. The Morgan fingerprint density at radius 3 is 2.89 bits per heavy atom. The predicted octanol–water partition coefficient (Wildman–Crippen LogP) is 2.84. The number of hydrogen-bond acceptors (Lipinski definition) is 3. The zero-order chi connectivity index (χ0) is 13.1. The van der Waals surface area contributed by atoms with E-state index in [1.54, 1.807) is 18.6 Å². The van der Waals surface area contributed by atoms with Crippen molar-refractivity contribution in [2.75, 3.05) is 0 Å². The molecule has 2 rings (SSSR count).